The Bertz CT molecular complexity index is 343. The van der Waals surface area contributed by atoms with E-state index in [1.807, 2.05) is 11.8 Å². The van der Waals surface area contributed by atoms with Crippen LogP contribution in [-0.2, 0) is 0 Å². The SMILES string of the molecule is CC1Nc2cc(Br)ccc2SC1CN. The van der Waals surface area contributed by atoms with Gasteiger partial charge in [-0.1, -0.05) is 15.9 Å². The van der Waals surface area contributed by atoms with E-state index < -0.39 is 0 Å². The van der Waals surface area contributed by atoms with Crippen molar-refractivity contribution in [3.8, 4) is 0 Å². The van der Waals surface area contributed by atoms with Gasteiger partial charge >= 0.3 is 0 Å². The molecule has 1 aliphatic rings. The molecule has 0 spiro atoms. The van der Waals surface area contributed by atoms with Gasteiger partial charge in [0.1, 0.15) is 0 Å². The van der Waals surface area contributed by atoms with Crippen LogP contribution < -0.4 is 11.1 Å². The summed E-state index contributed by atoms with van der Waals surface area (Å²) in [5, 5.41) is 3.95. The maximum absolute atomic E-state index is 5.71. The van der Waals surface area contributed by atoms with Gasteiger partial charge in [0, 0.05) is 32.9 Å². The number of rotatable bonds is 1. The van der Waals surface area contributed by atoms with Crippen LogP contribution in [0.15, 0.2) is 27.6 Å². The highest BCUT2D eigenvalue weighted by Crippen LogP contribution is 2.38. The molecule has 14 heavy (non-hydrogen) atoms. The Morgan fingerprint density at radius 2 is 2.36 bits per heavy atom. The van der Waals surface area contributed by atoms with Crippen LogP contribution in [0, 0.1) is 0 Å². The Labute approximate surface area is 96.8 Å². The monoisotopic (exact) mass is 272 g/mol. The molecule has 2 unspecified atom stereocenters. The molecule has 0 aliphatic carbocycles. The van der Waals surface area contributed by atoms with E-state index in [0.29, 0.717) is 17.8 Å². The lowest BCUT2D eigenvalue weighted by molar-refractivity contribution is 0.723. The van der Waals surface area contributed by atoms with Crippen LogP contribution in [0.1, 0.15) is 6.92 Å². The van der Waals surface area contributed by atoms with Gasteiger partial charge in [0.05, 0.1) is 0 Å². The number of benzene rings is 1. The molecule has 1 aromatic carbocycles. The highest BCUT2D eigenvalue weighted by molar-refractivity contribution is 9.10. The normalized spacial score (nSPS) is 25.4. The van der Waals surface area contributed by atoms with Gasteiger partial charge in [0.15, 0.2) is 0 Å². The number of halogens is 1. The van der Waals surface area contributed by atoms with Crippen LogP contribution in [0.4, 0.5) is 5.69 Å². The summed E-state index contributed by atoms with van der Waals surface area (Å²) in [6, 6.07) is 6.75. The van der Waals surface area contributed by atoms with E-state index in [-0.39, 0.29) is 0 Å². The molecule has 76 valence electrons. The van der Waals surface area contributed by atoms with Crippen molar-refractivity contribution in [1.82, 2.24) is 0 Å². The van der Waals surface area contributed by atoms with Crippen molar-refractivity contribution < 1.29 is 0 Å². The number of hydrogen-bond acceptors (Lipinski definition) is 3. The highest BCUT2D eigenvalue weighted by Gasteiger charge is 2.24. The average Bonchev–Trinajstić information content (AvgIpc) is 2.16. The summed E-state index contributed by atoms with van der Waals surface area (Å²) in [7, 11) is 0. The van der Waals surface area contributed by atoms with E-state index in [4.69, 9.17) is 5.73 Å². The van der Waals surface area contributed by atoms with Gasteiger partial charge < -0.3 is 11.1 Å². The van der Waals surface area contributed by atoms with Crippen LogP contribution in [0.3, 0.4) is 0 Å². The second-order valence-corrected chi connectivity index (χ2v) is 5.66. The van der Waals surface area contributed by atoms with Gasteiger partial charge in [0.2, 0.25) is 0 Å². The predicted molar refractivity (Wildman–Crippen MR) is 65.9 cm³/mol. The van der Waals surface area contributed by atoms with Crippen molar-refractivity contribution in [2.24, 2.45) is 5.73 Å². The van der Waals surface area contributed by atoms with Crippen molar-refractivity contribution in [3.05, 3.63) is 22.7 Å². The molecule has 1 heterocycles. The molecule has 1 aliphatic heterocycles. The maximum atomic E-state index is 5.71. The van der Waals surface area contributed by atoms with Gasteiger partial charge in [-0.2, -0.15) is 0 Å². The Balaban J connectivity index is 2.30. The highest BCUT2D eigenvalue weighted by atomic mass is 79.9. The van der Waals surface area contributed by atoms with E-state index >= 15 is 0 Å². The quantitative estimate of drug-likeness (QED) is 0.826. The summed E-state index contributed by atoms with van der Waals surface area (Å²) in [4.78, 5) is 1.29. The fourth-order valence-electron chi connectivity index (χ4n) is 1.57. The first-order valence-corrected chi connectivity index (χ1v) is 6.31. The molecule has 2 rings (SSSR count). The van der Waals surface area contributed by atoms with Gasteiger partial charge in [-0.05, 0) is 25.1 Å². The molecule has 0 saturated heterocycles. The molecule has 0 saturated carbocycles. The van der Waals surface area contributed by atoms with Gasteiger partial charge in [-0.25, -0.2) is 0 Å². The zero-order chi connectivity index (χ0) is 10.1. The molecule has 2 atom stereocenters. The maximum Gasteiger partial charge on any atom is 0.0492 e. The second-order valence-electron chi connectivity index (χ2n) is 3.47. The Kier molecular flexibility index (Phi) is 3.04. The number of thioether (sulfide) groups is 1. The molecule has 3 N–H and O–H groups in total. The van der Waals surface area contributed by atoms with Crippen LogP contribution in [0.25, 0.3) is 0 Å². The third-order valence-electron chi connectivity index (χ3n) is 2.39. The molecule has 1 aromatic rings. The van der Waals surface area contributed by atoms with E-state index in [0.717, 1.165) is 4.47 Å². The molecule has 2 nitrogen and oxygen atoms in total. The standard InChI is InChI=1S/C10H13BrN2S/c1-6-10(5-12)14-9-3-2-7(11)4-8(9)13-6/h2-4,6,10,13H,5,12H2,1H3. The summed E-state index contributed by atoms with van der Waals surface area (Å²) in [5.74, 6) is 0. The average molecular weight is 273 g/mol. The van der Waals surface area contributed by atoms with E-state index in [2.05, 4.69) is 46.4 Å². The molecule has 0 amide bonds. The minimum atomic E-state index is 0.437. The summed E-state index contributed by atoms with van der Waals surface area (Å²) in [6.07, 6.45) is 0. The minimum Gasteiger partial charge on any atom is -0.380 e. The fourth-order valence-corrected chi connectivity index (χ4v) is 3.02. The lowest BCUT2D eigenvalue weighted by Crippen LogP contribution is -2.36. The lowest BCUT2D eigenvalue weighted by atomic mass is 10.2. The largest absolute Gasteiger partial charge is 0.380 e. The fraction of sp³-hybridized carbons (Fsp3) is 0.400. The van der Waals surface area contributed by atoms with Crippen molar-refractivity contribution in [1.29, 1.82) is 0 Å². The minimum absolute atomic E-state index is 0.437. The number of fused-ring (bicyclic) bond motifs is 1. The number of anilines is 1. The summed E-state index contributed by atoms with van der Waals surface area (Å²) in [5.41, 5.74) is 6.92. The molecular weight excluding hydrogens is 260 g/mol. The van der Waals surface area contributed by atoms with Crippen LogP contribution in [0.5, 0.6) is 0 Å². The summed E-state index contributed by atoms with van der Waals surface area (Å²) < 4.78 is 1.11. The first kappa shape index (κ1) is 10.3. The Hall–Kier alpha value is -0.190. The van der Waals surface area contributed by atoms with Gasteiger partial charge in [-0.15, -0.1) is 11.8 Å². The van der Waals surface area contributed by atoms with Crippen LogP contribution in [-0.4, -0.2) is 17.8 Å². The van der Waals surface area contributed by atoms with Gasteiger partial charge in [-0.3, -0.25) is 0 Å². The van der Waals surface area contributed by atoms with Crippen LogP contribution in [0.2, 0.25) is 0 Å². The third kappa shape index (κ3) is 1.92. The topological polar surface area (TPSA) is 38.0 Å². The van der Waals surface area contributed by atoms with Crippen LogP contribution >= 0.6 is 27.7 Å². The molecule has 0 bridgehead atoms. The second kappa shape index (κ2) is 4.13. The molecule has 0 fully saturated rings. The third-order valence-corrected chi connectivity index (χ3v) is 4.40. The van der Waals surface area contributed by atoms with E-state index in [1.54, 1.807) is 0 Å². The van der Waals surface area contributed by atoms with E-state index in [1.165, 1.54) is 10.6 Å². The molecular formula is C10H13BrN2S. The first-order chi connectivity index (χ1) is 6.70. The van der Waals surface area contributed by atoms with Crippen molar-refractivity contribution in [2.75, 3.05) is 11.9 Å². The van der Waals surface area contributed by atoms with Crippen molar-refractivity contribution in [3.63, 3.8) is 0 Å². The zero-order valence-corrected chi connectivity index (χ0v) is 10.4. The van der Waals surface area contributed by atoms with E-state index in [9.17, 15) is 0 Å². The molecule has 4 heteroatoms. The van der Waals surface area contributed by atoms with Crippen molar-refractivity contribution in [2.45, 2.75) is 23.1 Å². The van der Waals surface area contributed by atoms with Gasteiger partial charge in [0.25, 0.3) is 0 Å². The summed E-state index contributed by atoms with van der Waals surface area (Å²) >= 11 is 5.33. The first-order valence-electron chi connectivity index (χ1n) is 4.63. The zero-order valence-electron chi connectivity index (χ0n) is 7.96. The number of hydrogen-bond donors (Lipinski definition) is 2. The summed E-state index contributed by atoms with van der Waals surface area (Å²) in [6.45, 7) is 2.89. The number of nitrogens with two attached hydrogens (primary N) is 1. The smallest absolute Gasteiger partial charge is 0.0492 e. The predicted octanol–water partition coefficient (Wildman–Crippen LogP) is 2.68. The number of nitrogens with one attached hydrogen (secondary N) is 1. The lowest BCUT2D eigenvalue weighted by Gasteiger charge is -2.31. The molecule has 0 aromatic heterocycles. The molecule has 0 radical (unpaired) electrons. The Morgan fingerprint density at radius 3 is 3.07 bits per heavy atom. The van der Waals surface area contributed by atoms with Crippen molar-refractivity contribution >= 4 is 33.4 Å². The Morgan fingerprint density at radius 1 is 1.57 bits per heavy atom.